The predicted molar refractivity (Wildman–Crippen MR) is 143 cm³/mol. The van der Waals surface area contributed by atoms with Crippen LogP contribution in [0.4, 0.5) is 5.69 Å². The summed E-state index contributed by atoms with van der Waals surface area (Å²) in [4.78, 5) is 29.6. The van der Waals surface area contributed by atoms with Gasteiger partial charge in [-0.15, -0.1) is 0 Å². The summed E-state index contributed by atoms with van der Waals surface area (Å²) < 4.78 is 11.9. The topological polar surface area (TPSA) is 91.3 Å². The molecule has 0 radical (unpaired) electrons. The number of ether oxygens (including phenoxy) is 2. The van der Waals surface area contributed by atoms with Gasteiger partial charge in [0.05, 0.1) is 26.2 Å². The second-order valence-electron chi connectivity index (χ2n) is 10.5. The Kier molecular flexibility index (Phi) is 8.71. The highest BCUT2D eigenvalue weighted by atomic mass is 16.5. The molecule has 1 aliphatic heterocycles. The zero-order valence-corrected chi connectivity index (χ0v) is 22.3. The van der Waals surface area contributed by atoms with Gasteiger partial charge >= 0.3 is 0 Å². The molecule has 1 fully saturated rings. The molecule has 1 aliphatic carbocycles. The maximum Gasteiger partial charge on any atom is 0.227 e. The average Bonchev–Trinajstić information content (AvgIpc) is 3.73. The molecule has 2 aliphatic rings. The fourth-order valence-corrected chi connectivity index (χ4v) is 4.73. The Hall–Kier alpha value is -3.10. The van der Waals surface area contributed by atoms with Gasteiger partial charge in [-0.3, -0.25) is 14.5 Å². The summed E-state index contributed by atoms with van der Waals surface area (Å²) in [6.45, 7) is 5.73. The Morgan fingerprint density at radius 1 is 1.24 bits per heavy atom. The van der Waals surface area contributed by atoms with Crippen molar-refractivity contribution in [3.8, 4) is 11.5 Å². The minimum atomic E-state index is -0.299. The first-order valence-electron chi connectivity index (χ1n) is 13.1. The second-order valence-corrected chi connectivity index (χ2v) is 10.5. The van der Waals surface area contributed by atoms with Gasteiger partial charge in [-0.2, -0.15) is 0 Å². The van der Waals surface area contributed by atoms with Gasteiger partial charge in [0.2, 0.25) is 11.8 Å². The number of anilines is 1. The molecule has 4 rings (SSSR count). The van der Waals surface area contributed by atoms with E-state index in [9.17, 15) is 14.7 Å². The quantitative estimate of drug-likeness (QED) is 0.539. The van der Waals surface area contributed by atoms with Crippen LogP contribution in [0.2, 0.25) is 0 Å². The minimum absolute atomic E-state index is 0.0245. The zero-order chi connectivity index (χ0) is 26.5. The third-order valence-corrected chi connectivity index (χ3v) is 7.24. The number of methoxy groups -OCH3 is 1. The lowest BCUT2D eigenvalue weighted by Gasteiger charge is -2.34. The van der Waals surface area contributed by atoms with E-state index in [1.165, 1.54) is 5.56 Å². The molecule has 200 valence electrons. The van der Waals surface area contributed by atoms with E-state index in [1.54, 1.807) is 12.0 Å². The molecular formula is C29H39N3O5. The van der Waals surface area contributed by atoms with Gasteiger partial charge in [-0.1, -0.05) is 19.1 Å². The summed E-state index contributed by atoms with van der Waals surface area (Å²) in [5.41, 5.74) is 2.58. The van der Waals surface area contributed by atoms with Crippen LogP contribution in [0.15, 0.2) is 42.5 Å². The van der Waals surface area contributed by atoms with Gasteiger partial charge in [0, 0.05) is 42.7 Å². The van der Waals surface area contributed by atoms with Crippen LogP contribution in [-0.4, -0.2) is 72.7 Å². The molecule has 0 unspecified atom stereocenters. The van der Waals surface area contributed by atoms with E-state index in [-0.39, 0.29) is 48.8 Å². The lowest BCUT2D eigenvalue weighted by atomic mass is 10.0. The van der Waals surface area contributed by atoms with Crippen LogP contribution in [-0.2, 0) is 22.6 Å². The summed E-state index contributed by atoms with van der Waals surface area (Å²) in [7, 11) is 3.72. The fourth-order valence-electron chi connectivity index (χ4n) is 4.73. The summed E-state index contributed by atoms with van der Waals surface area (Å²) in [6, 6.07) is 13.3. The molecule has 0 bridgehead atoms. The van der Waals surface area contributed by atoms with Crippen molar-refractivity contribution in [3.63, 3.8) is 0 Å². The molecule has 37 heavy (non-hydrogen) atoms. The molecule has 1 heterocycles. The van der Waals surface area contributed by atoms with Crippen molar-refractivity contribution in [1.82, 2.24) is 9.80 Å². The van der Waals surface area contributed by atoms with E-state index in [0.717, 1.165) is 30.7 Å². The van der Waals surface area contributed by atoms with Crippen LogP contribution in [0.1, 0.15) is 37.8 Å². The lowest BCUT2D eigenvalue weighted by Crippen LogP contribution is -2.47. The van der Waals surface area contributed by atoms with Crippen LogP contribution < -0.4 is 14.8 Å². The van der Waals surface area contributed by atoms with Gasteiger partial charge in [0.1, 0.15) is 17.6 Å². The lowest BCUT2D eigenvalue weighted by molar-refractivity contribution is -0.134. The van der Waals surface area contributed by atoms with Crippen molar-refractivity contribution < 1.29 is 24.2 Å². The highest BCUT2D eigenvalue weighted by Crippen LogP contribution is 2.32. The highest BCUT2D eigenvalue weighted by Gasteiger charge is 2.32. The number of benzene rings is 2. The van der Waals surface area contributed by atoms with Gasteiger partial charge in [0.25, 0.3) is 0 Å². The summed E-state index contributed by atoms with van der Waals surface area (Å²) in [6.07, 6.45) is 1.81. The smallest absolute Gasteiger partial charge is 0.227 e. The Morgan fingerprint density at radius 3 is 2.62 bits per heavy atom. The SMILES string of the molecule is COc1ccc(CN(C)C[C@@H]2Oc3ccc(NC(=O)C4CC4)cc3CC(=O)N([C@@H](C)CO)C[C@@H]2C)cc1. The average molecular weight is 510 g/mol. The van der Waals surface area contributed by atoms with Gasteiger partial charge in [-0.25, -0.2) is 0 Å². The van der Waals surface area contributed by atoms with Crippen molar-refractivity contribution >= 4 is 17.5 Å². The van der Waals surface area contributed by atoms with Crippen LogP contribution >= 0.6 is 0 Å². The van der Waals surface area contributed by atoms with Crippen molar-refractivity contribution in [1.29, 1.82) is 0 Å². The second kappa shape index (κ2) is 12.0. The molecule has 2 aromatic carbocycles. The molecule has 1 saturated carbocycles. The number of nitrogens with zero attached hydrogens (tertiary/aromatic N) is 2. The Labute approximate surface area is 219 Å². The van der Waals surface area contributed by atoms with Crippen molar-refractivity contribution in [2.75, 3.05) is 39.2 Å². The molecule has 0 saturated heterocycles. The van der Waals surface area contributed by atoms with E-state index in [0.29, 0.717) is 24.5 Å². The Bertz CT molecular complexity index is 1090. The van der Waals surface area contributed by atoms with Crippen LogP contribution in [0.5, 0.6) is 11.5 Å². The summed E-state index contributed by atoms with van der Waals surface area (Å²) in [5.74, 6) is 1.57. The van der Waals surface area contributed by atoms with Crippen LogP contribution in [0.25, 0.3) is 0 Å². The standard InChI is InChI=1S/C29H39N3O5/c1-19-15-32(20(2)18-33)28(34)14-23-13-24(30-29(35)22-7-8-22)9-12-26(23)37-27(19)17-31(3)16-21-5-10-25(36-4)11-6-21/h5-6,9-13,19-20,22,27,33H,7-8,14-18H2,1-4H3,(H,30,35)/t19-,20-,27-/m0/s1. The van der Waals surface area contributed by atoms with E-state index < -0.39 is 0 Å². The summed E-state index contributed by atoms with van der Waals surface area (Å²) in [5, 5.41) is 12.8. The van der Waals surface area contributed by atoms with E-state index >= 15 is 0 Å². The Balaban J connectivity index is 1.56. The van der Waals surface area contributed by atoms with Crippen LogP contribution in [0, 0.1) is 11.8 Å². The van der Waals surface area contributed by atoms with Crippen LogP contribution in [0.3, 0.4) is 0 Å². The molecule has 0 spiro atoms. The number of aliphatic hydroxyl groups excluding tert-OH is 1. The molecule has 2 amide bonds. The number of carbonyl (C=O) groups excluding carboxylic acids is 2. The van der Waals surface area contributed by atoms with Gasteiger partial charge in [-0.05, 0) is 62.7 Å². The molecule has 3 atom stereocenters. The third-order valence-electron chi connectivity index (χ3n) is 7.24. The highest BCUT2D eigenvalue weighted by molar-refractivity contribution is 5.94. The molecular weight excluding hydrogens is 470 g/mol. The maximum absolute atomic E-state index is 13.4. The molecule has 2 N–H and O–H groups in total. The maximum atomic E-state index is 13.4. The van der Waals surface area contributed by atoms with E-state index in [1.807, 2.05) is 37.3 Å². The molecule has 8 nitrogen and oxygen atoms in total. The number of hydrogen-bond acceptors (Lipinski definition) is 6. The number of carbonyl (C=O) groups is 2. The Morgan fingerprint density at radius 2 is 1.97 bits per heavy atom. The number of likely N-dealkylation sites (N-methyl/N-ethyl adjacent to an activating group) is 1. The van der Waals surface area contributed by atoms with Gasteiger partial charge < -0.3 is 24.8 Å². The first-order chi connectivity index (χ1) is 17.8. The normalized spacial score (nSPS) is 20.8. The van der Waals surface area contributed by atoms with E-state index in [2.05, 4.69) is 36.3 Å². The van der Waals surface area contributed by atoms with Crippen molar-refractivity contribution in [2.45, 2.75) is 51.8 Å². The fraction of sp³-hybridized carbons (Fsp3) is 0.517. The minimum Gasteiger partial charge on any atom is -0.497 e. The third kappa shape index (κ3) is 7.02. The number of aliphatic hydroxyl groups is 1. The van der Waals surface area contributed by atoms with Gasteiger partial charge in [0.15, 0.2) is 0 Å². The number of nitrogens with one attached hydrogen (secondary N) is 1. The van der Waals surface area contributed by atoms with Crippen molar-refractivity contribution in [3.05, 3.63) is 53.6 Å². The van der Waals surface area contributed by atoms with E-state index in [4.69, 9.17) is 9.47 Å². The molecule has 2 aromatic rings. The molecule has 8 heteroatoms. The van der Waals surface area contributed by atoms with Crippen molar-refractivity contribution in [2.24, 2.45) is 11.8 Å². The number of rotatable bonds is 9. The largest absolute Gasteiger partial charge is 0.497 e. The number of amides is 2. The summed E-state index contributed by atoms with van der Waals surface area (Å²) >= 11 is 0. The first kappa shape index (κ1) is 26.9. The number of fused-ring (bicyclic) bond motifs is 1. The number of hydrogen-bond donors (Lipinski definition) is 2. The predicted octanol–water partition coefficient (Wildman–Crippen LogP) is 3.32. The monoisotopic (exact) mass is 509 g/mol. The first-order valence-corrected chi connectivity index (χ1v) is 13.1. The zero-order valence-electron chi connectivity index (χ0n) is 22.3. The molecule has 0 aromatic heterocycles.